The van der Waals surface area contributed by atoms with Crippen LogP contribution in [0.2, 0.25) is 0 Å². The summed E-state index contributed by atoms with van der Waals surface area (Å²) in [5.74, 6) is 0.809. The number of fused-ring (bicyclic) bond motifs is 7. The average molecular weight is 419 g/mol. The maximum absolute atomic E-state index is 13.3. The Balaban J connectivity index is 1.68. The molecule has 0 fully saturated rings. The van der Waals surface area contributed by atoms with Crippen LogP contribution in [0.4, 0.5) is 5.69 Å². The number of hydrogen-bond donors (Lipinski definition) is 1. The molecule has 4 aromatic carbocycles. The topological polar surface area (TPSA) is 51.5 Å². The van der Waals surface area contributed by atoms with Crippen molar-refractivity contribution < 1.29 is 9.15 Å². The summed E-state index contributed by atoms with van der Waals surface area (Å²) in [5.41, 5.74) is 4.90. The molecular formula is C28H21NO3. The zero-order valence-corrected chi connectivity index (χ0v) is 17.6. The van der Waals surface area contributed by atoms with E-state index in [9.17, 15) is 4.79 Å². The number of nitrogens with one attached hydrogen (secondary N) is 1. The molecular weight excluding hydrogens is 398 g/mol. The molecule has 6 rings (SSSR count). The summed E-state index contributed by atoms with van der Waals surface area (Å²) in [6.45, 7) is 2.57. The Hall–Kier alpha value is -4.05. The predicted molar refractivity (Wildman–Crippen MR) is 129 cm³/mol. The second-order valence-corrected chi connectivity index (χ2v) is 7.96. The Labute approximate surface area is 185 Å². The molecule has 5 aromatic rings. The SMILES string of the molecule is CCOc1ccc([C@@H]2Nc3ccc4ccccc4c3-c3c2c(=O)oc2ccccc32)cc1. The van der Waals surface area contributed by atoms with E-state index in [1.165, 1.54) is 0 Å². The highest BCUT2D eigenvalue weighted by Crippen LogP contribution is 2.47. The van der Waals surface area contributed by atoms with Crippen LogP contribution in [0.5, 0.6) is 5.75 Å². The monoisotopic (exact) mass is 419 g/mol. The lowest BCUT2D eigenvalue weighted by Gasteiger charge is -2.30. The van der Waals surface area contributed by atoms with Crippen molar-refractivity contribution in [1.29, 1.82) is 0 Å². The molecule has 1 aliphatic rings. The van der Waals surface area contributed by atoms with Crippen LogP contribution in [0.15, 0.2) is 94.1 Å². The summed E-state index contributed by atoms with van der Waals surface area (Å²) < 4.78 is 11.4. The molecule has 0 saturated heterocycles. The minimum Gasteiger partial charge on any atom is -0.494 e. The maximum Gasteiger partial charge on any atom is 0.342 e. The number of ether oxygens (including phenoxy) is 1. The van der Waals surface area contributed by atoms with Crippen LogP contribution in [-0.4, -0.2) is 6.61 Å². The highest BCUT2D eigenvalue weighted by atomic mass is 16.5. The lowest BCUT2D eigenvalue weighted by molar-refractivity contribution is 0.340. The Morgan fingerprint density at radius 1 is 0.844 bits per heavy atom. The van der Waals surface area contributed by atoms with Gasteiger partial charge in [-0.05, 0) is 47.5 Å². The first kappa shape index (κ1) is 18.7. The lowest BCUT2D eigenvalue weighted by Crippen LogP contribution is -2.25. The van der Waals surface area contributed by atoms with Crippen molar-refractivity contribution in [3.63, 3.8) is 0 Å². The first-order valence-corrected chi connectivity index (χ1v) is 10.8. The van der Waals surface area contributed by atoms with Crippen molar-refractivity contribution in [1.82, 2.24) is 0 Å². The molecule has 0 spiro atoms. The third-order valence-electron chi connectivity index (χ3n) is 6.14. The summed E-state index contributed by atoms with van der Waals surface area (Å²) in [6.07, 6.45) is 0. The van der Waals surface area contributed by atoms with Gasteiger partial charge in [-0.1, -0.05) is 60.7 Å². The number of para-hydroxylation sites is 1. The highest BCUT2D eigenvalue weighted by molar-refractivity contribution is 6.11. The fourth-order valence-electron chi connectivity index (χ4n) is 4.76. The molecule has 4 nitrogen and oxygen atoms in total. The molecule has 0 radical (unpaired) electrons. The molecule has 32 heavy (non-hydrogen) atoms. The van der Waals surface area contributed by atoms with Gasteiger partial charge in [0.15, 0.2) is 0 Å². The first-order chi connectivity index (χ1) is 15.7. The summed E-state index contributed by atoms with van der Waals surface area (Å²) in [5, 5.41) is 6.81. The van der Waals surface area contributed by atoms with E-state index in [-0.39, 0.29) is 11.7 Å². The maximum atomic E-state index is 13.3. The minimum absolute atomic E-state index is 0.316. The molecule has 1 aliphatic heterocycles. The van der Waals surface area contributed by atoms with Crippen LogP contribution >= 0.6 is 0 Å². The van der Waals surface area contributed by atoms with Gasteiger partial charge < -0.3 is 14.5 Å². The fourth-order valence-corrected chi connectivity index (χ4v) is 4.76. The van der Waals surface area contributed by atoms with Crippen molar-refractivity contribution in [3.05, 3.63) is 106 Å². The van der Waals surface area contributed by atoms with Gasteiger partial charge >= 0.3 is 5.63 Å². The third-order valence-corrected chi connectivity index (χ3v) is 6.14. The zero-order valence-electron chi connectivity index (χ0n) is 17.6. The van der Waals surface area contributed by atoms with Crippen molar-refractivity contribution in [3.8, 4) is 16.9 Å². The van der Waals surface area contributed by atoms with Gasteiger partial charge in [-0.25, -0.2) is 4.79 Å². The Kier molecular flexibility index (Phi) is 4.25. The van der Waals surface area contributed by atoms with E-state index in [1.807, 2.05) is 67.6 Å². The smallest absolute Gasteiger partial charge is 0.342 e. The normalized spacial score (nSPS) is 14.6. The number of hydrogen-bond acceptors (Lipinski definition) is 4. The highest BCUT2D eigenvalue weighted by Gasteiger charge is 2.32. The summed E-state index contributed by atoms with van der Waals surface area (Å²) in [7, 11) is 0. The van der Waals surface area contributed by atoms with E-state index >= 15 is 0 Å². The standard InChI is InChI=1S/C28H21NO3/c1-2-31-19-14-11-18(12-15-19)27-26-25(21-9-5-6-10-23(21)32-28(26)30)24-20-8-4-3-7-17(20)13-16-22(24)29-27/h3-16,27,29H,2H2,1H3/t27-/m0/s1. The van der Waals surface area contributed by atoms with Crippen LogP contribution in [0.25, 0.3) is 32.9 Å². The molecule has 0 amide bonds. The van der Waals surface area contributed by atoms with Gasteiger partial charge in [-0.2, -0.15) is 0 Å². The first-order valence-electron chi connectivity index (χ1n) is 10.8. The van der Waals surface area contributed by atoms with E-state index in [4.69, 9.17) is 9.15 Å². The van der Waals surface area contributed by atoms with Gasteiger partial charge in [0, 0.05) is 22.2 Å². The van der Waals surface area contributed by atoms with Gasteiger partial charge in [0.2, 0.25) is 0 Å². The quantitative estimate of drug-likeness (QED) is 0.338. The Morgan fingerprint density at radius 3 is 2.41 bits per heavy atom. The molecule has 4 heteroatoms. The van der Waals surface area contributed by atoms with Gasteiger partial charge in [-0.15, -0.1) is 0 Å². The van der Waals surface area contributed by atoms with E-state index < -0.39 is 0 Å². The Bertz CT molecular complexity index is 1530. The van der Waals surface area contributed by atoms with Crippen molar-refractivity contribution >= 4 is 27.4 Å². The van der Waals surface area contributed by atoms with Crippen LogP contribution in [0.1, 0.15) is 24.1 Å². The molecule has 2 heterocycles. The number of rotatable bonds is 3. The molecule has 156 valence electrons. The van der Waals surface area contributed by atoms with Gasteiger partial charge in [-0.3, -0.25) is 0 Å². The van der Waals surface area contributed by atoms with Crippen LogP contribution in [0.3, 0.4) is 0 Å². The van der Waals surface area contributed by atoms with E-state index in [2.05, 4.69) is 29.6 Å². The second kappa shape index (κ2) is 7.27. The molecule has 0 saturated carbocycles. The molecule has 1 atom stereocenters. The van der Waals surface area contributed by atoms with E-state index in [1.54, 1.807) is 0 Å². The van der Waals surface area contributed by atoms with Crippen LogP contribution in [0, 0.1) is 0 Å². The summed E-state index contributed by atoms with van der Waals surface area (Å²) in [4.78, 5) is 13.3. The van der Waals surface area contributed by atoms with E-state index in [0.29, 0.717) is 17.8 Å². The molecule has 1 N–H and O–H groups in total. The summed E-state index contributed by atoms with van der Waals surface area (Å²) >= 11 is 0. The van der Waals surface area contributed by atoms with E-state index in [0.717, 1.165) is 44.3 Å². The minimum atomic E-state index is -0.324. The van der Waals surface area contributed by atoms with Crippen molar-refractivity contribution in [2.24, 2.45) is 0 Å². The van der Waals surface area contributed by atoms with Crippen molar-refractivity contribution in [2.75, 3.05) is 11.9 Å². The van der Waals surface area contributed by atoms with Crippen LogP contribution < -0.4 is 15.7 Å². The van der Waals surface area contributed by atoms with Gasteiger partial charge in [0.1, 0.15) is 11.3 Å². The number of anilines is 1. The largest absolute Gasteiger partial charge is 0.494 e. The molecule has 0 unspecified atom stereocenters. The average Bonchev–Trinajstić information content (AvgIpc) is 2.84. The predicted octanol–water partition coefficient (Wildman–Crippen LogP) is 6.53. The molecule has 0 bridgehead atoms. The Morgan fingerprint density at radius 2 is 1.59 bits per heavy atom. The van der Waals surface area contributed by atoms with Gasteiger partial charge in [0.05, 0.1) is 18.2 Å². The lowest BCUT2D eigenvalue weighted by atomic mass is 9.83. The van der Waals surface area contributed by atoms with Crippen LogP contribution in [-0.2, 0) is 0 Å². The molecule has 0 aliphatic carbocycles. The second-order valence-electron chi connectivity index (χ2n) is 7.96. The zero-order chi connectivity index (χ0) is 21.7. The molecule has 1 aromatic heterocycles. The fraction of sp³-hybridized carbons (Fsp3) is 0.107. The summed E-state index contributed by atoms with van der Waals surface area (Å²) in [6, 6.07) is 27.9. The van der Waals surface area contributed by atoms with Gasteiger partial charge in [0.25, 0.3) is 0 Å². The number of benzene rings is 4. The third kappa shape index (κ3) is 2.80. The van der Waals surface area contributed by atoms with Crippen molar-refractivity contribution in [2.45, 2.75) is 13.0 Å².